The summed E-state index contributed by atoms with van der Waals surface area (Å²) in [5, 5.41) is 5.20. The molecular formula is C14H8ClN5O. The third kappa shape index (κ3) is 1.80. The molecule has 1 aromatic carbocycles. The maximum Gasteiger partial charge on any atom is 0.259 e. The van der Waals surface area contributed by atoms with Gasteiger partial charge in [-0.15, -0.1) is 0 Å². The van der Waals surface area contributed by atoms with Gasteiger partial charge in [-0.2, -0.15) is 14.6 Å². The Labute approximate surface area is 123 Å². The molecule has 0 aliphatic heterocycles. The predicted molar refractivity (Wildman–Crippen MR) is 79.4 cm³/mol. The minimum Gasteiger partial charge on any atom is -0.328 e. The highest BCUT2D eigenvalue weighted by molar-refractivity contribution is 6.30. The average molecular weight is 298 g/mol. The van der Waals surface area contributed by atoms with E-state index >= 15 is 0 Å². The van der Waals surface area contributed by atoms with E-state index in [4.69, 9.17) is 11.6 Å². The van der Waals surface area contributed by atoms with Gasteiger partial charge >= 0.3 is 0 Å². The molecular weight excluding hydrogens is 290 g/mol. The fraction of sp³-hybridized carbons (Fsp3) is 0. The van der Waals surface area contributed by atoms with Gasteiger partial charge in [-0.1, -0.05) is 23.7 Å². The van der Waals surface area contributed by atoms with Gasteiger partial charge in [-0.05, 0) is 18.2 Å². The summed E-state index contributed by atoms with van der Waals surface area (Å²) in [5.41, 5.74) is 1.74. The molecule has 1 N–H and O–H groups in total. The lowest BCUT2D eigenvalue weighted by molar-refractivity contribution is 0.958. The fourth-order valence-corrected chi connectivity index (χ4v) is 2.57. The minimum absolute atomic E-state index is 0.229. The predicted octanol–water partition coefficient (Wildman–Crippen LogP) is 2.29. The number of rotatable bonds is 1. The summed E-state index contributed by atoms with van der Waals surface area (Å²) in [6.45, 7) is 0. The van der Waals surface area contributed by atoms with Crippen LogP contribution in [0.2, 0.25) is 5.02 Å². The summed E-state index contributed by atoms with van der Waals surface area (Å²) in [5.74, 6) is 0.433. The topological polar surface area (TPSA) is 75.9 Å². The van der Waals surface area contributed by atoms with Crippen molar-refractivity contribution in [1.29, 1.82) is 0 Å². The second kappa shape index (κ2) is 4.39. The van der Waals surface area contributed by atoms with Gasteiger partial charge in [0.05, 0.1) is 16.6 Å². The van der Waals surface area contributed by atoms with Gasteiger partial charge in [0.2, 0.25) is 0 Å². The van der Waals surface area contributed by atoms with Crippen LogP contribution in [0.5, 0.6) is 0 Å². The molecule has 0 fully saturated rings. The highest BCUT2D eigenvalue weighted by Gasteiger charge is 2.15. The number of hydrogen-bond acceptors (Lipinski definition) is 4. The molecule has 0 atom stereocenters. The van der Waals surface area contributed by atoms with E-state index in [1.54, 1.807) is 28.9 Å². The van der Waals surface area contributed by atoms with E-state index in [1.165, 1.54) is 6.33 Å². The van der Waals surface area contributed by atoms with Crippen LogP contribution in [0.15, 0.2) is 47.7 Å². The lowest BCUT2D eigenvalue weighted by Gasteiger charge is -2.08. The van der Waals surface area contributed by atoms with E-state index in [-0.39, 0.29) is 5.56 Å². The summed E-state index contributed by atoms with van der Waals surface area (Å²) >= 11 is 6.06. The van der Waals surface area contributed by atoms with Crippen LogP contribution < -0.4 is 5.56 Å². The molecule has 4 rings (SSSR count). The Hall–Kier alpha value is -2.73. The molecule has 7 heteroatoms. The first-order chi connectivity index (χ1) is 10.2. The molecule has 0 unspecified atom stereocenters. The van der Waals surface area contributed by atoms with Crippen molar-refractivity contribution < 1.29 is 0 Å². The Morgan fingerprint density at radius 3 is 3.00 bits per heavy atom. The Bertz CT molecular complexity index is 1040. The van der Waals surface area contributed by atoms with Crippen LogP contribution >= 0.6 is 11.6 Å². The third-order valence-electron chi connectivity index (χ3n) is 3.24. The monoisotopic (exact) mass is 297 g/mol. The molecule has 0 aliphatic carbocycles. The zero-order valence-corrected chi connectivity index (χ0v) is 11.4. The zero-order chi connectivity index (χ0) is 14.4. The number of pyridine rings is 1. The zero-order valence-electron chi connectivity index (χ0n) is 10.6. The van der Waals surface area contributed by atoms with Crippen molar-refractivity contribution in [1.82, 2.24) is 24.6 Å². The van der Waals surface area contributed by atoms with Crippen LogP contribution in [0, 0.1) is 0 Å². The molecule has 0 spiro atoms. The Balaban J connectivity index is 2.27. The van der Waals surface area contributed by atoms with Crippen LogP contribution in [-0.4, -0.2) is 24.6 Å². The van der Waals surface area contributed by atoms with Crippen LogP contribution in [0.25, 0.3) is 27.9 Å². The largest absolute Gasteiger partial charge is 0.328 e. The maximum absolute atomic E-state index is 12.2. The summed E-state index contributed by atoms with van der Waals surface area (Å²) in [4.78, 5) is 23.3. The smallest absolute Gasteiger partial charge is 0.259 e. The molecule has 6 nitrogen and oxygen atoms in total. The number of nitrogens with one attached hydrogen (secondary N) is 1. The molecule has 0 radical (unpaired) electrons. The van der Waals surface area contributed by atoms with Gasteiger partial charge < -0.3 is 4.98 Å². The number of nitrogens with zero attached hydrogens (tertiary/aromatic N) is 4. The van der Waals surface area contributed by atoms with E-state index in [2.05, 4.69) is 20.1 Å². The molecule has 3 heterocycles. The second-order valence-corrected chi connectivity index (χ2v) is 4.95. The normalized spacial score (nSPS) is 11.3. The average Bonchev–Trinajstić information content (AvgIpc) is 2.93. The molecule has 0 amide bonds. The number of H-pyrrole nitrogens is 1. The molecule has 4 aromatic rings. The van der Waals surface area contributed by atoms with E-state index in [0.29, 0.717) is 27.4 Å². The van der Waals surface area contributed by atoms with Crippen LogP contribution in [0.4, 0.5) is 0 Å². The fourth-order valence-electron chi connectivity index (χ4n) is 2.38. The van der Waals surface area contributed by atoms with Crippen molar-refractivity contribution in [3.05, 3.63) is 58.2 Å². The first kappa shape index (κ1) is 12.0. The number of aromatic amines is 1. The van der Waals surface area contributed by atoms with Gasteiger partial charge in [0.15, 0.2) is 0 Å². The van der Waals surface area contributed by atoms with E-state index in [0.717, 1.165) is 5.56 Å². The van der Waals surface area contributed by atoms with Gasteiger partial charge in [0, 0.05) is 16.8 Å². The molecule has 0 saturated carbocycles. The number of aromatic nitrogens is 5. The summed E-state index contributed by atoms with van der Waals surface area (Å²) < 4.78 is 1.54. The van der Waals surface area contributed by atoms with Crippen molar-refractivity contribution >= 4 is 28.3 Å². The maximum atomic E-state index is 12.2. The van der Waals surface area contributed by atoms with Crippen molar-refractivity contribution in [3.8, 4) is 11.3 Å². The highest BCUT2D eigenvalue weighted by atomic mass is 35.5. The van der Waals surface area contributed by atoms with E-state index < -0.39 is 0 Å². The Kier molecular flexibility index (Phi) is 2.52. The number of hydrogen-bond donors (Lipinski definition) is 1. The van der Waals surface area contributed by atoms with Crippen molar-refractivity contribution in [2.45, 2.75) is 0 Å². The summed E-state index contributed by atoms with van der Waals surface area (Å²) in [6, 6.07) is 8.98. The molecule has 0 bridgehead atoms. The van der Waals surface area contributed by atoms with E-state index in [1.807, 2.05) is 12.1 Å². The van der Waals surface area contributed by atoms with Crippen LogP contribution in [0.3, 0.4) is 0 Å². The van der Waals surface area contributed by atoms with Crippen molar-refractivity contribution in [2.75, 3.05) is 0 Å². The third-order valence-corrected chi connectivity index (χ3v) is 3.47. The number of benzene rings is 1. The molecule has 3 aromatic heterocycles. The van der Waals surface area contributed by atoms with E-state index in [9.17, 15) is 4.79 Å². The van der Waals surface area contributed by atoms with Crippen molar-refractivity contribution in [3.63, 3.8) is 0 Å². The molecule has 0 saturated heterocycles. The van der Waals surface area contributed by atoms with Crippen LogP contribution in [0.1, 0.15) is 0 Å². The van der Waals surface area contributed by atoms with Gasteiger partial charge in [0.1, 0.15) is 6.33 Å². The molecule has 21 heavy (non-hydrogen) atoms. The SMILES string of the molecule is O=c1[nH]ccc2nc3ncnn3c(-c3cccc(Cl)c3)c12. The Morgan fingerprint density at radius 2 is 2.14 bits per heavy atom. The number of halogens is 1. The van der Waals surface area contributed by atoms with Gasteiger partial charge in [0.25, 0.3) is 11.3 Å². The van der Waals surface area contributed by atoms with Crippen molar-refractivity contribution in [2.24, 2.45) is 0 Å². The highest BCUT2D eigenvalue weighted by Crippen LogP contribution is 2.27. The minimum atomic E-state index is -0.229. The molecule has 102 valence electrons. The van der Waals surface area contributed by atoms with Gasteiger partial charge in [-0.25, -0.2) is 4.98 Å². The lowest BCUT2D eigenvalue weighted by atomic mass is 10.1. The van der Waals surface area contributed by atoms with Crippen LogP contribution in [-0.2, 0) is 0 Å². The standard InChI is InChI=1S/C14H8ClN5O/c15-9-3-1-2-8(6-9)12-11-10(4-5-16-13(11)21)19-14-17-7-18-20(12)14/h1-7H,(H,16,21). The summed E-state index contributed by atoms with van der Waals surface area (Å²) in [7, 11) is 0. The molecule has 0 aliphatic rings. The first-order valence-corrected chi connectivity index (χ1v) is 6.59. The second-order valence-electron chi connectivity index (χ2n) is 4.51. The Morgan fingerprint density at radius 1 is 1.24 bits per heavy atom. The first-order valence-electron chi connectivity index (χ1n) is 6.21. The lowest BCUT2D eigenvalue weighted by Crippen LogP contribution is -2.10. The van der Waals surface area contributed by atoms with Gasteiger partial charge in [-0.3, -0.25) is 4.79 Å². The summed E-state index contributed by atoms with van der Waals surface area (Å²) in [6.07, 6.45) is 2.97. The quantitative estimate of drug-likeness (QED) is 0.585. The number of fused-ring (bicyclic) bond motifs is 2.